The number of rotatable bonds is 4. The van der Waals surface area contributed by atoms with Gasteiger partial charge in [0.25, 0.3) is 5.91 Å². The maximum absolute atomic E-state index is 12.9. The van der Waals surface area contributed by atoms with Crippen molar-refractivity contribution in [3.05, 3.63) is 52.5 Å². The van der Waals surface area contributed by atoms with Crippen LogP contribution in [0.1, 0.15) is 29.6 Å². The van der Waals surface area contributed by atoms with Crippen molar-refractivity contribution in [1.82, 2.24) is 9.29 Å². The Morgan fingerprint density at radius 3 is 2.61 bits per heavy atom. The van der Waals surface area contributed by atoms with Gasteiger partial charge in [0.1, 0.15) is 0 Å². The molecule has 2 aromatic carbocycles. The molecule has 0 saturated carbocycles. The first-order valence-electron chi connectivity index (χ1n) is 8.92. The van der Waals surface area contributed by atoms with E-state index in [1.807, 2.05) is 6.07 Å². The van der Waals surface area contributed by atoms with Crippen LogP contribution in [0.25, 0.3) is 10.2 Å². The van der Waals surface area contributed by atoms with Gasteiger partial charge in [-0.2, -0.15) is 4.31 Å². The fraction of sp³-hybridized carbons (Fsp3) is 0.263. The van der Waals surface area contributed by atoms with E-state index in [1.165, 1.54) is 11.3 Å². The second-order valence-corrected chi connectivity index (χ2v) is 10.4. The summed E-state index contributed by atoms with van der Waals surface area (Å²) in [6.45, 7) is 1.13. The Hall–Kier alpha value is -1.81. The minimum atomic E-state index is -3.50. The van der Waals surface area contributed by atoms with E-state index in [0.29, 0.717) is 33.8 Å². The number of thiazole rings is 1. The molecule has 0 atom stereocenters. The third kappa shape index (κ3) is 3.84. The van der Waals surface area contributed by atoms with Crippen LogP contribution in [0, 0.1) is 0 Å². The van der Waals surface area contributed by atoms with Crippen molar-refractivity contribution in [2.75, 3.05) is 18.4 Å². The van der Waals surface area contributed by atoms with Crippen LogP contribution in [0.5, 0.6) is 0 Å². The normalized spacial score (nSPS) is 15.6. The van der Waals surface area contributed by atoms with E-state index in [-0.39, 0.29) is 10.8 Å². The number of hydrogen-bond acceptors (Lipinski definition) is 5. The van der Waals surface area contributed by atoms with Crippen molar-refractivity contribution in [1.29, 1.82) is 0 Å². The summed E-state index contributed by atoms with van der Waals surface area (Å²) in [5.74, 6) is -0.271. The third-order valence-electron chi connectivity index (χ3n) is 4.65. The molecule has 0 spiro atoms. The van der Waals surface area contributed by atoms with Crippen molar-refractivity contribution in [3.8, 4) is 0 Å². The zero-order valence-electron chi connectivity index (χ0n) is 14.9. The fourth-order valence-electron chi connectivity index (χ4n) is 3.18. The third-order valence-corrected chi connectivity index (χ3v) is 8.17. The molecule has 1 N–H and O–H groups in total. The number of anilines is 1. The molecule has 0 radical (unpaired) electrons. The number of piperidine rings is 1. The number of sulfonamides is 1. The van der Waals surface area contributed by atoms with Gasteiger partial charge in [-0.15, -0.1) is 0 Å². The number of carbonyl (C=O) groups excluding carboxylic acids is 1. The molecule has 0 bridgehead atoms. The lowest BCUT2D eigenvalue weighted by molar-refractivity contribution is 0.102. The lowest BCUT2D eigenvalue weighted by atomic mass is 10.2. The highest BCUT2D eigenvalue weighted by Gasteiger charge is 2.26. The summed E-state index contributed by atoms with van der Waals surface area (Å²) in [6.07, 6.45) is 2.86. The topological polar surface area (TPSA) is 79.4 Å². The van der Waals surface area contributed by atoms with E-state index in [1.54, 1.807) is 40.7 Å². The van der Waals surface area contributed by atoms with Crippen LogP contribution >= 0.6 is 27.3 Å². The number of halogens is 1. The zero-order valence-corrected chi connectivity index (χ0v) is 18.1. The van der Waals surface area contributed by atoms with Gasteiger partial charge in [-0.1, -0.05) is 29.9 Å². The molecule has 146 valence electrons. The Bertz CT molecular complexity index is 1140. The van der Waals surface area contributed by atoms with Gasteiger partial charge in [-0.05, 0) is 59.1 Å². The number of benzene rings is 2. The lowest BCUT2D eigenvalue weighted by Gasteiger charge is -2.25. The average molecular weight is 480 g/mol. The molecule has 0 aliphatic carbocycles. The summed E-state index contributed by atoms with van der Waals surface area (Å²) >= 11 is 4.63. The van der Waals surface area contributed by atoms with E-state index in [2.05, 4.69) is 26.2 Å². The highest BCUT2D eigenvalue weighted by molar-refractivity contribution is 9.10. The summed E-state index contributed by atoms with van der Waals surface area (Å²) in [5, 5.41) is 3.22. The SMILES string of the molecule is O=C(Nc1nc2ccc(S(=O)(=O)N3CCCCC3)cc2s1)c1ccccc1Br. The maximum Gasteiger partial charge on any atom is 0.258 e. The molecule has 1 aromatic heterocycles. The van der Waals surface area contributed by atoms with E-state index in [9.17, 15) is 13.2 Å². The minimum absolute atomic E-state index is 0.271. The van der Waals surface area contributed by atoms with Crippen LogP contribution in [-0.4, -0.2) is 36.7 Å². The van der Waals surface area contributed by atoms with Gasteiger partial charge in [0.15, 0.2) is 5.13 Å². The second-order valence-electron chi connectivity index (χ2n) is 6.55. The van der Waals surface area contributed by atoms with Gasteiger partial charge in [0.2, 0.25) is 10.0 Å². The number of aromatic nitrogens is 1. The largest absolute Gasteiger partial charge is 0.298 e. The van der Waals surface area contributed by atoms with Gasteiger partial charge in [-0.25, -0.2) is 13.4 Å². The summed E-state index contributed by atoms with van der Waals surface area (Å²) in [7, 11) is -3.50. The molecule has 0 unspecified atom stereocenters. The van der Waals surface area contributed by atoms with Crippen LogP contribution in [0.3, 0.4) is 0 Å². The van der Waals surface area contributed by atoms with Gasteiger partial charge in [0, 0.05) is 17.6 Å². The average Bonchev–Trinajstić information content (AvgIpc) is 3.10. The molecule has 28 heavy (non-hydrogen) atoms. The molecule has 1 saturated heterocycles. The van der Waals surface area contributed by atoms with Crippen LogP contribution in [0.2, 0.25) is 0 Å². The van der Waals surface area contributed by atoms with Crippen molar-refractivity contribution in [3.63, 3.8) is 0 Å². The van der Waals surface area contributed by atoms with Crippen LogP contribution < -0.4 is 5.32 Å². The van der Waals surface area contributed by atoms with Crippen LogP contribution in [-0.2, 0) is 10.0 Å². The zero-order chi connectivity index (χ0) is 19.7. The number of hydrogen-bond donors (Lipinski definition) is 1. The molecule has 6 nitrogen and oxygen atoms in total. The number of fused-ring (bicyclic) bond motifs is 1. The summed E-state index contributed by atoms with van der Waals surface area (Å²) in [5.41, 5.74) is 1.17. The van der Waals surface area contributed by atoms with Crippen molar-refractivity contribution in [2.24, 2.45) is 0 Å². The highest BCUT2D eigenvalue weighted by atomic mass is 79.9. The second kappa shape index (κ2) is 7.90. The predicted molar refractivity (Wildman–Crippen MR) is 114 cm³/mol. The number of nitrogens with one attached hydrogen (secondary N) is 1. The van der Waals surface area contributed by atoms with E-state index >= 15 is 0 Å². The smallest absolute Gasteiger partial charge is 0.258 e. The first-order valence-corrected chi connectivity index (χ1v) is 12.0. The van der Waals surface area contributed by atoms with Gasteiger partial charge >= 0.3 is 0 Å². The van der Waals surface area contributed by atoms with Crippen LogP contribution in [0.4, 0.5) is 5.13 Å². The standard InChI is InChI=1S/C19H18BrN3O3S2/c20-15-7-3-2-6-14(15)18(24)22-19-21-16-9-8-13(12-17(16)27-19)28(25,26)23-10-4-1-5-11-23/h2-3,6-9,12H,1,4-5,10-11H2,(H,21,22,24). The Morgan fingerprint density at radius 1 is 1.11 bits per heavy atom. The van der Waals surface area contributed by atoms with Gasteiger partial charge in [0.05, 0.1) is 20.7 Å². The first kappa shape index (κ1) is 19.5. The Labute approximate surface area is 175 Å². The maximum atomic E-state index is 12.9. The molecule has 9 heteroatoms. The van der Waals surface area contributed by atoms with E-state index < -0.39 is 10.0 Å². The molecular weight excluding hydrogens is 462 g/mol. The molecule has 1 fully saturated rings. The Morgan fingerprint density at radius 2 is 1.86 bits per heavy atom. The number of carbonyl (C=O) groups is 1. The summed E-state index contributed by atoms with van der Waals surface area (Å²) in [6, 6.07) is 12.1. The lowest BCUT2D eigenvalue weighted by Crippen LogP contribution is -2.35. The molecule has 1 aliphatic rings. The molecule has 1 aliphatic heterocycles. The highest BCUT2D eigenvalue weighted by Crippen LogP contribution is 2.30. The molecule has 3 aromatic rings. The van der Waals surface area contributed by atoms with Gasteiger partial charge in [-0.3, -0.25) is 10.1 Å². The van der Waals surface area contributed by atoms with Gasteiger partial charge < -0.3 is 0 Å². The van der Waals surface area contributed by atoms with E-state index in [0.717, 1.165) is 24.0 Å². The molecule has 1 amide bonds. The summed E-state index contributed by atoms with van der Waals surface area (Å²) < 4.78 is 28.7. The number of nitrogens with zero attached hydrogens (tertiary/aromatic N) is 2. The number of amides is 1. The quantitative estimate of drug-likeness (QED) is 0.597. The fourth-order valence-corrected chi connectivity index (χ4v) is 6.17. The van der Waals surface area contributed by atoms with Crippen molar-refractivity contribution < 1.29 is 13.2 Å². The van der Waals surface area contributed by atoms with Crippen LogP contribution in [0.15, 0.2) is 51.8 Å². The molecule has 4 rings (SSSR count). The molecular formula is C19H18BrN3O3S2. The minimum Gasteiger partial charge on any atom is -0.298 e. The van der Waals surface area contributed by atoms with E-state index in [4.69, 9.17) is 0 Å². The first-order chi connectivity index (χ1) is 13.4. The Kier molecular flexibility index (Phi) is 5.50. The van der Waals surface area contributed by atoms with Crippen molar-refractivity contribution >= 4 is 58.5 Å². The monoisotopic (exact) mass is 479 g/mol. The predicted octanol–water partition coefficient (Wildman–Crippen LogP) is 4.49. The van der Waals surface area contributed by atoms with Crippen molar-refractivity contribution in [2.45, 2.75) is 24.2 Å². The molecule has 2 heterocycles. The Balaban J connectivity index is 1.60. The summed E-state index contributed by atoms with van der Waals surface area (Å²) in [4.78, 5) is 17.1.